The Morgan fingerprint density at radius 3 is 2.44 bits per heavy atom. The maximum atomic E-state index is 12.9. The third kappa shape index (κ3) is 5.31. The van der Waals surface area contributed by atoms with Gasteiger partial charge in [-0.3, -0.25) is 9.69 Å². The molecule has 4 rings (SSSR count). The van der Waals surface area contributed by atoms with Gasteiger partial charge in [-0.05, 0) is 53.9 Å². The highest BCUT2D eigenvalue weighted by atomic mass is 32.2. The highest BCUT2D eigenvalue weighted by Gasteiger charge is 2.20. The molecular formula is C24H31N3O4S. The van der Waals surface area contributed by atoms with Gasteiger partial charge < -0.3 is 14.5 Å². The molecule has 0 N–H and O–H groups in total. The summed E-state index contributed by atoms with van der Waals surface area (Å²) in [4.78, 5) is 19.7. The molecule has 2 aliphatic rings. The number of hydrogen-bond acceptors (Lipinski definition) is 6. The molecule has 1 fully saturated rings. The van der Waals surface area contributed by atoms with E-state index in [-0.39, 0.29) is 5.91 Å². The number of anilines is 1. The van der Waals surface area contributed by atoms with E-state index >= 15 is 0 Å². The number of ether oxygens (including phenoxy) is 1. The summed E-state index contributed by atoms with van der Waals surface area (Å²) in [5, 5.41) is 0. The minimum absolute atomic E-state index is 0.0592. The number of piperazine rings is 1. The second-order valence-corrected chi connectivity index (χ2v) is 10.6. The number of likely N-dealkylation sites (N-methyl/N-ethyl adjacent to an activating group) is 1. The maximum absolute atomic E-state index is 12.9. The summed E-state index contributed by atoms with van der Waals surface area (Å²) in [6, 6.07) is 13.0. The van der Waals surface area contributed by atoms with Crippen LogP contribution in [0.25, 0.3) is 0 Å². The van der Waals surface area contributed by atoms with E-state index in [2.05, 4.69) is 9.80 Å². The Hall–Kier alpha value is -2.42. The third-order valence-corrected chi connectivity index (χ3v) is 7.46. The first-order valence-electron chi connectivity index (χ1n) is 11.0. The SMILES string of the molecule is CN(CCN1CCN(c2ccc(S(C)(=O)=O)cc2)CC1)C(=O)c1ccc2c(c1)CCOC2. The van der Waals surface area contributed by atoms with Gasteiger partial charge in [0.25, 0.3) is 5.91 Å². The summed E-state index contributed by atoms with van der Waals surface area (Å²) in [6.07, 6.45) is 2.09. The van der Waals surface area contributed by atoms with E-state index in [4.69, 9.17) is 4.74 Å². The Labute approximate surface area is 190 Å². The number of amides is 1. The zero-order chi connectivity index (χ0) is 22.7. The number of fused-ring (bicyclic) bond motifs is 1. The minimum Gasteiger partial charge on any atom is -0.376 e. The van der Waals surface area contributed by atoms with E-state index in [0.29, 0.717) is 24.7 Å². The van der Waals surface area contributed by atoms with Crippen LogP contribution in [0.2, 0.25) is 0 Å². The molecule has 0 saturated carbocycles. The second-order valence-electron chi connectivity index (χ2n) is 8.61. The van der Waals surface area contributed by atoms with Crippen LogP contribution in [-0.4, -0.2) is 83.3 Å². The zero-order valence-corrected chi connectivity index (χ0v) is 19.6. The molecule has 172 valence electrons. The molecule has 0 aliphatic carbocycles. The third-order valence-electron chi connectivity index (χ3n) is 6.33. The van der Waals surface area contributed by atoms with Crippen molar-refractivity contribution >= 4 is 21.4 Å². The van der Waals surface area contributed by atoms with Gasteiger partial charge in [-0.2, -0.15) is 0 Å². The van der Waals surface area contributed by atoms with Gasteiger partial charge in [0.1, 0.15) is 0 Å². The monoisotopic (exact) mass is 457 g/mol. The van der Waals surface area contributed by atoms with Crippen LogP contribution >= 0.6 is 0 Å². The van der Waals surface area contributed by atoms with Crippen molar-refractivity contribution in [3.8, 4) is 0 Å². The zero-order valence-electron chi connectivity index (χ0n) is 18.8. The Morgan fingerprint density at radius 2 is 1.75 bits per heavy atom. The molecule has 2 heterocycles. The van der Waals surface area contributed by atoms with Crippen LogP contribution in [0.15, 0.2) is 47.4 Å². The number of carbonyl (C=O) groups excluding carboxylic acids is 1. The van der Waals surface area contributed by atoms with Crippen molar-refractivity contribution < 1.29 is 17.9 Å². The largest absolute Gasteiger partial charge is 0.376 e. The Kier molecular flexibility index (Phi) is 6.83. The first kappa shape index (κ1) is 22.8. The molecule has 0 atom stereocenters. The van der Waals surface area contributed by atoms with E-state index in [1.54, 1.807) is 17.0 Å². The van der Waals surface area contributed by atoms with E-state index in [1.807, 2.05) is 37.4 Å². The van der Waals surface area contributed by atoms with Crippen molar-refractivity contribution in [2.45, 2.75) is 17.9 Å². The minimum atomic E-state index is -3.17. The van der Waals surface area contributed by atoms with Gasteiger partial charge in [-0.15, -0.1) is 0 Å². The Bertz CT molecular complexity index is 1060. The van der Waals surface area contributed by atoms with Gasteiger partial charge in [-0.1, -0.05) is 6.07 Å². The first-order chi connectivity index (χ1) is 15.3. The lowest BCUT2D eigenvalue weighted by Gasteiger charge is -2.36. The van der Waals surface area contributed by atoms with Crippen molar-refractivity contribution in [2.24, 2.45) is 0 Å². The van der Waals surface area contributed by atoms with Crippen LogP contribution in [0.3, 0.4) is 0 Å². The molecule has 2 aromatic carbocycles. The predicted molar refractivity (Wildman–Crippen MR) is 125 cm³/mol. The Morgan fingerprint density at radius 1 is 1.03 bits per heavy atom. The summed E-state index contributed by atoms with van der Waals surface area (Å²) in [7, 11) is -1.31. The van der Waals surface area contributed by atoms with Gasteiger partial charge in [0.05, 0.1) is 18.1 Å². The molecule has 7 nitrogen and oxygen atoms in total. The van der Waals surface area contributed by atoms with Gasteiger partial charge >= 0.3 is 0 Å². The number of sulfone groups is 1. The van der Waals surface area contributed by atoms with Crippen molar-refractivity contribution in [1.29, 1.82) is 0 Å². The number of benzene rings is 2. The quantitative estimate of drug-likeness (QED) is 0.661. The lowest BCUT2D eigenvalue weighted by atomic mass is 10.00. The predicted octanol–water partition coefficient (Wildman–Crippen LogP) is 2.06. The smallest absolute Gasteiger partial charge is 0.253 e. The van der Waals surface area contributed by atoms with Gasteiger partial charge in [0, 0.05) is 63.8 Å². The number of nitrogens with zero attached hydrogens (tertiary/aromatic N) is 3. The van der Waals surface area contributed by atoms with Crippen molar-refractivity contribution in [3.05, 3.63) is 59.2 Å². The fourth-order valence-electron chi connectivity index (χ4n) is 4.24. The van der Waals surface area contributed by atoms with E-state index < -0.39 is 9.84 Å². The normalized spacial score (nSPS) is 17.1. The molecule has 0 bridgehead atoms. The van der Waals surface area contributed by atoms with Crippen LogP contribution in [0.4, 0.5) is 5.69 Å². The molecule has 0 radical (unpaired) electrons. The second kappa shape index (κ2) is 9.60. The summed E-state index contributed by atoms with van der Waals surface area (Å²) in [6.45, 7) is 6.45. The average Bonchev–Trinajstić information content (AvgIpc) is 2.81. The van der Waals surface area contributed by atoms with E-state index in [0.717, 1.165) is 50.4 Å². The standard InChI is InChI=1S/C24H31N3O4S/c1-25(24(28)20-3-4-21-18-31-16-9-19(21)17-20)10-11-26-12-14-27(15-13-26)22-5-7-23(8-6-22)32(2,29)30/h3-8,17H,9-16,18H2,1-2H3. The summed E-state index contributed by atoms with van der Waals surface area (Å²) in [5.41, 5.74) is 4.19. The summed E-state index contributed by atoms with van der Waals surface area (Å²) < 4.78 is 28.8. The number of carbonyl (C=O) groups is 1. The van der Waals surface area contributed by atoms with E-state index in [9.17, 15) is 13.2 Å². The summed E-state index contributed by atoms with van der Waals surface area (Å²) in [5.74, 6) is 0.0592. The number of hydrogen-bond donors (Lipinski definition) is 0. The molecule has 0 unspecified atom stereocenters. The van der Waals surface area contributed by atoms with Crippen LogP contribution in [0.5, 0.6) is 0 Å². The lowest BCUT2D eigenvalue weighted by molar-refractivity contribution is 0.0775. The molecule has 1 amide bonds. The van der Waals surface area contributed by atoms with Crippen molar-refractivity contribution in [1.82, 2.24) is 9.80 Å². The van der Waals surface area contributed by atoms with Crippen LogP contribution in [0.1, 0.15) is 21.5 Å². The van der Waals surface area contributed by atoms with Gasteiger partial charge in [0.2, 0.25) is 0 Å². The van der Waals surface area contributed by atoms with Gasteiger partial charge in [0.15, 0.2) is 9.84 Å². The van der Waals surface area contributed by atoms with Crippen LogP contribution < -0.4 is 4.90 Å². The highest BCUT2D eigenvalue weighted by Crippen LogP contribution is 2.21. The van der Waals surface area contributed by atoms with Crippen LogP contribution in [-0.2, 0) is 27.6 Å². The molecule has 2 aromatic rings. The molecule has 0 spiro atoms. The molecule has 32 heavy (non-hydrogen) atoms. The molecule has 2 aliphatic heterocycles. The van der Waals surface area contributed by atoms with Crippen LogP contribution in [0, 0.1) is 0 Å². The number of rotatable bonds is 6. The van der Waals surface area contributed by atoms with Gasteiger partial charge in [-0.25, -0.2) is 8.42 Å². The first-order valence-corrected chi connectivity index (χ1v) is 12.9. The van der Waals surface area contributed by atoms with Crippen molar-refractivity contribution in [2.75, 3.05) is 64.1 Å². The fourth-order valence-corrected chi connectivity index (χ4v) is 4.87. The van der Waals surface area contributed by atoms with Crippen molar-refractivity contribution in [3.63, 3.8) is 0 Å². The molecular weight excluding hydrogens is 426 g/mol. The lowest BCUT2D eigenvalue weighted by Crippen LogP contribution is -2.48. The molecule has 8 heteroatoms. The fraction of sp³-hybridized carbons (Fsp3) is 0.458. The Balaban J connectivity index is 1.26. The molecule has 1 saturated heterocycles. The van der Waals surface area contributed by atoms with E-state index in [1.165, 1.54) is 17.4 Å². The topological polar surface area (TPSA) is 70.2 Å². The molecule has 0 aromatic heterocycles. The highest BCUT2D eigenvalue weighted by molar-refractivity contribution is 7.90. The summed E-state index contributed by atoms with van der Waals surface area (Å²) >= 11 is 0. The maximum Gasteiger partial charge on any atom is 0.253 e. The average molecular weight is 458 g/mol.